The maximum absolute atomic E-state index is 14.3. The molecule has 1 amide bonds. The minimum atomic E-state index is -0.548. The fourth-order valence-electron chi connectivity index (χ4n) is 4.21. The van der Waals surface area contributed by atoms with Crippen molar-refractivity contribution in [2.45, 2.75) is 58.3 Å². The number of aliphatic hydroxyl groups excluding tert-OH is 1. The van der Waals surface area contributed by atoms with Gasteiger partial charge < -0.3 is 24.8 Å². The lowest BCUT2D eigenvalue weighted by Gasteiger charge is -2.27. The molecule has 35 heavy (non-hydrogen) atoms. The molecule has 0 spiro atoms. The number of aromatic nitrogens is 3. The summed E-state index contributed by atoms with van der Waals surface area (Å²) in [6.45, 7) is 6.83. The van der Waals surface area contributed by atoms with E-state index in [1.54, 1.807) is 16.8 Å². The van der Waals surface area contributed by atoms with Gasteiger partial charge in [0.05, 0.1) is 25.5 Å². The lowest BCUT2D eigenvalue weighted by atomic mass is 10.0. The van der Waals surface area contributed by atoms with Gasteiger partial charge in [-0.15, -0.1) is 0 Å². The van der Waals surface area contributed by atoms with E-state index in [2.05, 4.69) is 15.3 Å². The van der Waals surface area contributed by atoms with Crippen LogP contribution in [-0.2, 0) is 11.3 Å². The van der Waals surface area contributed by atoms with Gasteiger partial charge in [-0.05, 0) is 64.3 Å². The number of halogens is 1. The second-order valence-corrected chi connectivity index (χ2v) is 9.55. The molecule has 3 heterocycles. The zero-order chi connectivity index (χ0) is 25.0. The molecule has 0 aliphatic carbocycles. The summed E-state index contributed by atoms with van der Waals surface area (Å²) in [6, 6.07) is 6.34. The zero-order valence-corrected chi connectivity index (χ0v) is 20.3. The van der Waals surface area contributed by atoms with Crippen LogP contribution in [0.3, 0.4) is 0 Å². The Labute approximate surface area is 203 Å². The van der Waals surface area contributed by atoms with Crippen molar-refractivity contribution in [3.8, 4) is 5.75 Å². The summed E-state index contributed by atoms with van der Waals surface area (Å²) in [5.41, 5.74) is 1.47. The van der Waals surface area contributed by atoms with E-state index in [9.17, 15) is 14.3 Å². The summed E-state index contributed by atoms with van der Waals surface area (Å²) < 4.78 is 27.1. The molecule has 1 aliphatic rings. The third-order valence-electron chi connectivity index (χ3n) is 5.72. The summed E-state index contributed by atoms with van der Waals surface area (Å²) in [4.78, 5) is 18.6. The number of hydrogen-bond acceptors (Lipinski definition) is 7. The van der Waals surface area contributed by atoms with Crippen molar-refractivity contribution in [1.29, 1.82) is 0 Å². The van der Waals surface area contributed by atoms with Crippen molar-refractivity contribution >= 4 is 17.6 Å². The largest absolute Gasteiger partial charge is 0.493 e. The van der Waals surface area contributed by atoms with Gasteiger partial charge in [0.2, 0.25) is 0 Å². The Bertz CT molecular complexity index is 1180. The number of alkyl carbamates (subject to hydrolysis) is 1. The fourth-order valence-corrected chi connectivity index (χ4v) is 4.21. The molecule has 1 fully saturated rings. The topological polar surface area (TPSA) is 101 Å². The van der Waals surface area contributed by atoms with E-state index in [1.165, 1.54) is 12.1 Å². The zero-order valence-electron chi connectivity index (χ0n) is 20.3. The average molecular weight is 486 g/mol. The van der Waals surface area contributed by atoms with Gasteiger partial charge >= 0.3 is 6.09 Å². The van der Waals surface area contributed by atoms with Crippen molar-refractivity contribution in [3.05, 3.63) is 53.6 Å². The molecule has 9 nitrogen and oxygen atoms in total. The van der Waals surface area contributed by atoms with Crippen LogP contribution < -0.4 is 15.0 Å². The Kier molecular flexibility index (Phi) is 7.39. The highest BCUT2D eigenvalue weighted by Gasteiger charge is 2.30. The first-order chi connectivity index (χ1) is 16.7. The molecular weight excluding hydrogens is 453 g/mol. The molecule has 1 unspecified atom stereocenters. The normalized spacial score (nSPS) is 16.0. The molecule has 0 radical (unpaired) electrons. The van der Waals surface area contributed by atoms with Crippen molar-refractivity contribution in [3.63, 3.8) is 0 Å². The number of nitrogens with zero attached hydrogens (tertiary/aromatic N) is 4. The van der Waals surface area contributed by atoms with E-state index in [0.29, 0.717) is 36.5 Å². The van der Waals surface area contributed by atoms with E-state index in [1.807, 2.05) is 33.0 Å². The number of rotatable bonds is 8. The second-order valence-electron chi connectivity index (χ2n) is 9.55. The Morgan fingerprint density at radius 1 is 1.31 bits per heavy atom. The van der Waals surface area contributed by atoms with Crippen molar-refractivity contribution in [2.24, 2.45) is 0 Å². The van der Waals surface area contributed by atoms with Crippen LogP contribution in [0.5, 0.6) is 5.75 Å². The van der Waals surface area contributed by atoms with Crippen LogP contribution in [0, 0.1) is 5.82 Å². The predicted molar refractivity (Wildman–Crippen MR) is 129 cm³/mol. The Morgan fingerprint density at radius 2 is 2.14 bits per heavy atom. The quantitative estimate of drug-likeness (QED) is 0.465. The molecule has 0 saturated carbocycles. The van der Waals surface area contributed by atoms with Crippen LogP contribution in [0.2, 0.25) is 0 Å². The first kappa shape index (κ1) is 24.7. The van der Waals surface area contributed by atoms with Crippen LogP contribution in [-0.4, -0.2) is 51.1 Å². The van der Waals surface area contributed by atoms with Crippen molar-refractivity contribution in [1.82, 2.24) is 19.9 Å². The number of anilines is 1. The average Bonchev–Trinajstić information content (AvgIpc) is 3.45. The maximum atomic E-state index is 14.3. The maximum Gasteiger partial charge on any atom is 0.407 e. The molecule has 0 bridgehead atoms. The molecule has 2 aromatic heterocycles. The van der Waals surface area contributed by atoms with Gasteiger partial charge in [0.15, 0.2) is 5.65 Å². The van der Waals surface area contributed by atoms with Gasteiger partial charge in [0.25, 0.3) is 0 Å². The highest BCUT2D eigenvalue weighted by molar-refractivity contribution is 5.67. The van der Waals surface area contributed by atoms with Gasteiger partial charge in [0.1, 0.15) is 23.0 Å². The molecule has 3 aromatic rings. The van der Waals surface area contributed by atoms with Gasteiger partial charge in [0, 0.05) is 30.4 Å². The molecule has 1 aliphatic heterocycles. The molecule has 1 atom stereocenters. The van der Waals surface area contributed by atoms with Crippen molar-refractivity contribution < 1.29 is 23.8 Å². The highest BCUT2D eigenvalue weighted by Crippen LogP contribution is 2.40. The number of nitrogens with one attached hydrogen (secondary N) is 1. The number of amides is 1. The molecule has 188 valence electrons. The monoisotopic (exact) mass is 485 g/mol. The number of ether oxygens (including phenoxy) is 2. The van der Waals surface area contributed by atoms with Crippen LogP contribution >= 0.6 is 0 Å². The first-order valence-electron chi connectivity index (χ1n) is 11.8. The Hall–Kier alpha value is -3.40. The van der Waals surface area contributed by atoms with Gasteiger partial charge in [-0.3, -0.25) is 0 Å². The molecule has 1 saturated heterocycles. The first-order valence-corrected chi connectivity index (χ1v) is 11.8. The number of hydrogen-bond donors (Lipinski definition) is 2. The standard InChI is InChI=1S/C25H32FN5O4/c1-25(2,3)35-24(33)27-10-5-13-34-21-8-7-18(26)14-19(21)20-6-4-11-30(20)22-9-12-31-23(29-22)17(16-32)15-28-31/h7-9,12,14-15,20,32H,4-6,10-11,13,16H2,1-3H3,(H,27,33). The lowest BCUT2D eigenvalue weighted by Crippen LogP contribution is -2.33. The van der Waals surface area contributed by atoms with Gasteiger partial charge in [-0.2, -0.15) is 5.10 Å². The van der Waals surface area contributed by atoms with E-state index >= 15 is 0 Å². The number of carbonyl (C=O) groups is 1. The number of carbonyl (C=O) groups excluding carboxylic acids is 1. The molecule has 1 aromatic carbocycles. The predicted octanol–water partition coefficient (Wildman–Crippen LogP) is 4.00. The Balaban J connectivity index is 1.45. The minimum Gasteiger partial charge on any atom is -0.493 e. The lowest BCUT2D eigenvalue weighted by molar-refractivity contribution is 0.0525. The number of aliphatic hydroxyl groups is 1. The van der Waals surface area contributed by atoms with E-state index < -0.39 is 11.7 Å². The summed E-state index contributed by atoms with van der Waals surface area (Å²) in [6.07, 6.45) is 5.29. The van der Waals surface area contributed by atoms with Crippen LogP contribution in [0.15, 0.2) is 36.7 Å². The van der Waals surface area contributed by atoms with E-state index in [-0.39, 0.29) is 18.5 Å². The summed E-state index contributed by atoms with van der Waals surface area (Å²) in [7, 11) is 0. The van der Waals surface area contributed by atoms with Gasteiger partial charge in [-0.25, -0.2) is 18.7 Å². The van der Waals surface area contributed by atoms with E-state index in [0.717, 1.165) is 30.8 Å². The second kappa shape index (κ2) is 10.5. The minimum absolute atomic E-state index is 0.101. The SMILES string of the molecule is CC(C)(C)OC(=O)NCCCOc1ccc(F)cc1C1CCCN1c1ccn2ncc(CO)c2n1. The van der Waals surface area contributed by atoms with Crippen molar-refractivity contribution in [2.75, 3.05) is 24.6 Å². The number of fused-ring (bicyclic) bond motifs is 1. The summed E-state index contributed by atoms with van der Waals surface area (Å²) >= 11 is 0. The Morgan fingerprint density at radius 3 is 2.91 bits per heavy atom. The van der Waals surface area contributed by atoms with Crippen LogP contribution in [0.25, 0.3) is 5.65 Å². The third kappa shape index (κ3) is 6.00. The number of benzene rings is 1. The van der Waals surface area contributed by atoms with Crippen LogP contribution in [0.4, 0.5) is 15.0 Å². The highest BCUT2D eigenvalue weighted by atomic mass is 19.1. The van der Waals surface area contributed by atoms with E-state index in [4.69, 9.17) is 14.5 Å². The molecule has 4 rings (SSSR count). The molecule has 10 heteroatoms. The molecular formula is C25H32FN5O4. The summed E-state index contributed by atoms with van der Waals surface area (Å²) in [5, 5.41) is 16.5. The van der Waals surface area contributed by atoms with Crippen LogP contribution in [0.1, 0.15) is 57.2 Å². The van der Waals surface area contributed by atoms with Gasteiger partial charge in [-0.1, -0.05) is 0 Å². The summed E-state index contributed by atoms with van der Waals surface area (Å²) in [5.74, 6) is 1.03. The third-order valence-corrected chi connectivity index (χ3v) is 5.72. The smallest absolute Gasteiger partial charge is 0.407 e. The fraction of sp³-hybridized carbons (Fsp3) is 0.480. The molecule has 2 N–H and O–H groups in total.